The van der Waals surface area contributed by atoms with E-state index in [1.54, 1.807) is 0 Å². The number of rotatable bonds is 3. The second-order valence-electron chi connectivity index (χ2n) is 5.48. The monoisotopic (exact) mass is 248 g/mol. The first-order chi connectivity index (χ1) is 8.66. The number of para-hydroxylation sites is 1. The summed E-state index contributed by atoms with van der Waals surface area (Å²) in [5.41, 5.74) is 7.45. The van der Waals surface area contributed by atoms with Crippen molar-refractivity contribution in [3.05, 3.63) is 29.8 Å². The quantitative estimate of drug-likeness (QED) is 0.808. The molecule has 0 radical (unpaired) electrons. The summed E-state index contributed by atoms with van der Waals surface area (Å²) >= 11 is 0. The van der Waals surface area contributed by atoms with Gasteiger partial charge in [0.15, 0.2) is 0 Å². The molecule has 100 valence electrons. The van der Waals surface area contributed by atoms with E-state index in [2.05, 4.69) is 11.8 Å². The Labute approximate surface area is 110 Å². The van der Waals surface area contributed by atoms with Crippen LogP contribution in [-0.2, 0) is 0 Å². The van der Waals surface area contributed by atoms with Gasteiger partial charge in [0.2, 0.25) is 0 Å². The van der Waals surface area contributed by atoms with Crippen molar-refractivity contribution in [3.63, 3.8) is 0 Å². The molecule has 2 rings (SSSR count). The molecule has 3 heteroatoms. The molecule has 0 bridgehead atoms. The molecule has 0 aromatic heterocycles. The van der Waals surface area contributed by atoms with Crippen LogP contribution in [-0.4, -0.2) is 29.6 Å². The number of nitrogens with two attached hydrogens (primary N) is 1. The molecule has 1 heterocycles. The fourth-order valence-electron chi connectivity index (χ4n) is 2.66. The zero-order chi connectivity index (χ0) is 13.0. The Morgan fingerprint density at radius 2 is 2.11 bits per heavy atom. The third kappa shape index (κ3) is 3.47. The molecule has 1 aromatic carbocycles. The first-order valence-corrected chi connectivity index (χ1v) is 6.91. The number of aliphatic hydroxyl groups is 1. The van der Waals surface area contributed by atoms with Crippen LogP contribution >= 0.6 is 0 Å². The molecular formula is C15H24N2O. The summed E-state index contributed by atoms with van der Waals surface area (Å²) in [5.74, 6) is 0.814. The molecule has 2 unspecified atom stereocenters. The van der Waals surface area contributed by atoms with Crippen molar-refractivity contribution >= 4 is 5.69 Å². The van der Waals surface area contributed by atoms with Crippen LogP contribution in [0.25, 0.3) is 0 Å². The molecular weight excluding hydrogens is 224 g/mol. The second kappa shape index (κ2) is 6.21. The predicted molar refractivity (Wildman–Crippen MR) is 75.3 cm³/mol. The van der Waals surface area contributed by atoms with Gasteiger partial charge in [0.1, 0.15) is 0 Å². The van der Waals surface area contributed by atoms with Crippen LogP contribution in [0.15, 0.2) is 24.3 Å². The van der Waals surface area contributed by atoms with Crippen LogP contribution in [0.5, 0.6) is 0 Å². The normalized spacial score (nSPS) is 23.6. The van der Waals surface area contributed by atoms with E-state index in [0.717, 1.165) is 24.6 Å². The van der Waals surface area contributed by atoms with Gasteiger partial charge in [-0.25, -0.2) is 0 Å². The third-order valence-corrected chi connectivity index (χ3v) is 3.90. The Morgan fingerprint density at radius 1 is 1.33 bits per heavy atom. The second-order valence-corrected chi connectivity index (χ2v) is 5.48. The van der Waals surface area contributed by atoms with E-state index in [-0.39, 0.29) is 0 Å². The lowest BCUT2D eigenvalue weighted by atomic mass is 10.0. The zero-order valence-electron chi connectivity index (χ0n) is 11.2. The minimum atomic E-state index is -0.473. The lowest BCUT2D eigenvalue weighted by molar-refractivity contribution is 0.115. The predicted octanol–water partition coefficient (Wildman–Crippen LogP) is 2.42. The number of benzene rings is 1. The highest BCUT2D eigenvalue weighted by molar-refractivity contribution is 5.47. The summed E-state index contributed by atoms with van der Waals surface area (Å²) in [6, 6.07) is 7.60. The third-order valence-electron chi connectivity index (χ3n) is 3.90. The van der Waals surface area contributed by atoms with Gasteiger partial charge < -0.3 is 15.7 Å². The smallest absolute Gasteiger partial charge is 0.0936 e. The Balaban J connectivity index is 1.94. The van der Waals surface area contributed by atoms with Crippen molar-refractivity contribution in [1.29, 1.82) is 0 Å². The highest BCUT2D eigenvalue weighted by Gasteiger charge is 2.18. The van der Waals surface area contributed by atoms with Gasteiger partial charge in [-0.1, -0.05) is 25.1 Å². The van der Waals surface area contributed by atoms with Gasteiger partial charge in [0.05, 0.1) is 6.10 Å². The summed E-state index contributed by atoms with van der Waals surface area (Å²) in [7, 11) is 0. The lowest BCUT2D eigenvalue weighted by Crippen LogP contribution is -2.30. The molecule has 0 saturated carbocycles. The number of nitrogens with zero attached hydrogens (tertiary/aromatic N) is 1. The molecule has 2 atom stereocenters. The summed E-state index contributed by atoms with van der Waals surface area (Å²) in [5, 5.41) is 10.3. The van der Waals surface area contributed by atoms with E-state index in [4.69, 9.17) is 5.73 Å². The number of β-amino-alcohol motifs (C(OH)–C–C–N with tert-alkyl or cyclic N) is 1. The van der Waals surface area contributed by atoms with Crippen LogP contribution in [0.2, 0.25) is 0 Å². The van der Waals surface area contributed by atoms with Crippen molar-refractivity contribution in [2.75, 3.05) is 25.4 Å². The van der Waals surface area contributed by atoms with Crippen LogP contribution in [0.4, 0.5) is 5.69 Å². The highest BCUT2D eigenvalue weighted by Crippen LogP contribution is 2.23. The molecule has 0 amide bonds. The van der Waals surface area contributed by atoms with Crippen molar-refractivity contribution in [2.24, 2.45) is 5.92 Å². The molecule has 3 nitrogen and oxygen atoms in total. The number of hydrogen-bond acceptors (Lipinski definition) is 3. The van der Waals surface area contributed by atoms with Crippen molar-refractivity contribution < 1.29 is 5.11 Å². The average Bonchev–Trinajstić information content (AvgIpc) is 2.55. The van der Waals surface area contributed by atoms with Gasteiger partial charge in [-0.15, -0.1) is 0 Å². The SMILES string of the molecule is CC1CCCN(CC(O)c2ccccc2N)CC1. The zero-order valence-corrected chi connectivity index (χ0v) is 11.2. The first kappa shape index (κ1) is 13.4. The number of likely N-dealkylation sites (tertiary alicyclic amines) is 1. The number of anilines is 1. The van der Waals surface area contributed by atoms with Gasteiger partial charge in [0.25, 0.3) is 0 Å². The molecule has 0 aliphatic carbocycles. The Bertz CT molecular complexity index is 381. The van der Waals surface area contributed by atoms with Crippen molar-refractivity contribution in [3.8, 4) is 0 Å². The molecule has 18 heavy (non-hydrogen) atoms. The maximum Gasteiger partial charge on any atom is 0.0936 e. The van der Waals surface area contributed by atoms with E-state index < -0.39 is 6.10 Å². The van der Waals surface area contributed by atoms with E-state index in [0.29, 0.717) is 12.2 Å². The fourth-order valence-corrected chi connectivity index (χ4v) is 2.66. The Kier molecular flexibility index (Phi) is 4.61. The van der Waals surface area contributed by atoms with E-state index >= 15 is 0 Å². The highest BCUT2D eigenvalue weighted by atomic mass is 16.3. The van der Waals surface area contributed by atoms with E-state index in [1.807, 2.05) is 24.3 Å². The van der Waals surface area contributed by atoms with Crippen LogP contribution in [0.3, 0.4) is 0 Å². The van der Waals surface area contributed by atoms with Crippen molar-refractivity contribution in [2.45, 2.75) is 32.3 Å². The van der Waals surface area contributed by atoms with Gasteiger partial charge >= 0.3 is 0 Å². The first-order valence-electron chi connectivity index (χ1n) is 6.91. The Hall–Kier alpha value is -1.06. The number of aliphatic hydroxyl groups excluding tert-OH is 1. The topological polar surface area (TPSA) is 49.5 Å². The minimum absolute atomic E-state index is 0.473. The van der Waals surface area contributed by atoms with E-state index in [9.17, 15) is 5.11 Å². The maximum atomic E-state index is 10.3. The van der Waals surface area contributed by atoms with Gasteiger partial charge in [0, 0.05) is 17.8 Å². The molecule has 1 aliphatic rings. The summed E-state index contributed by atoms with van der Waals surface area (Å²) in [6.45, 7) is 5.19. The largest absolute Gasteiger partial charge is 0.398 e. The van der Waals surface area contributed by atoms with Crippen LogP contribution in [0, 0.1) is 5.92 Å². The maximum absolute atomic E-state index is 10.3. The van der Waals surface area contributed by atoms with Crippen LogP contribution < -0.4 is 5.73 Å². The molecule has 1 aromatic rings. The standard InChI is InChI=1S/C15H24N2O/c1-12-5-4-9-17(10-8-12)11-15(18)13-6-2-3-7-14(13)16/h2-3,6-7,12,15,18H,4-5,8-11,16H2,1H3. The molecule has 1 fully saturated rings. The molecule has 1 saturated heterocycles. The van der Waals surface area contributed by atoms with Crippen LogP contribution in [0.1, 0.15) is 37.9 Å². The van der Waals surface area contributed by atoms with Crippen molar-refractivity contribution in [1.82, 2.24) is 4.90 Å². The van der Waals surface area contributed by atoms with E-state index in [1.165, 1.54) is 19.3 Å². The minimum Gasteiger partial charge on any atom is -0.398 e. The van der Waals surface area contributed by atoms with Gasteiger partial charge in [-0.2, -0.15) is 0 Å². The molecule has 1 aliphatic heterocycles. The molecule has 0 spiro atoms. The van der Waals surface area contributed by atoms with Gasteiger partial charge in [-0.3, -0.25) is 0 Å². The Morgan fingerprint density at radius 3 is 2.89 bits per heavy atom. The summed E-state index contributed by atoms with van der Waals surface area (Å²) < 4.78 is 0. The average molecular weight is 248 g/mol. The fraction of sp³-hybridized carbons (Fsp3) is 0.600. The molecule has 3 N–H and O–H groups in total. The number of hydrogen-bond donors (Lipinski definition) is 2. The van der Waals surface area contributed by atoms with Gasteiger partial charge in [-0.05, 0) is 44.3 Å². The number of nitrogen functional groups attached to an aromatic ring is 1. The lowest BCUT2D eigenvalue weighted by Gasteiger charge is -2.24. The summed E-state index contributed by atoms with van der Waals surface area (Å²) in [6.07, 6.45) is 3.30. The summed E-state index contributed by atoms with van der Waals surface area (Å²) in [4.78, 5) is 2.36.